The van der Waals surface area contributed by atoms with Crippen molar-refractivity contribution in [3.63, 3.8) is 0 Å². The summed E-state index contributed by atoms with van der Waals surface area (Å²) in [6.45, 7) is 19.8. The lowest BCUT2D eigenvalue weighted by atomic mass is 9.64. The largest absolute Gasteiger partial charge is 0.481 e. The van der Waals surface area contributed by atoms with Crippen molar-refractivity contribution in [3.8, 4) is 0 Å². The summed E-state index contributed by atoms with van der Waals surface area (Å²) in [5.74, 6) is -1.09. The van der Waals surface area contributed by atoms with Gasteiger partial charge in [0.2, 0.25) is 0 Å². The molecule has 0 aromatic carbocycles. The molecule has 0 aliphatic rings. The molecule has 0 radical (unpaired) electrons. The Labute approximate surface area is 183 Å². The molecule has 1 N–H and O–H groups in total. The maximum Gasteiger partial charge on any atom is 0.312 e. The van der Waals surface area contributed by atoms with E-state index in [9.17, 15) is 14.4 Å². The van der Waals surface area contributed by atoms with Crippen molar-refractivity contribution in [2.24, 2.45) is 16.7 Å². The van der Waals surface area contributed by atoms with Gasteiger partial charge in [0.15, 0.2) is 5.78 Å². The number of Topliss-reactive ketones (excluding diaryl/α,β-unsaturated/α-hetero) is 1. The molecule has 0 aliphatic carbocycles. The normalized spacial score (nSPS) is 16.6. The number of rotatable bonds is 13. The van der Waals surface area contributed by atoms with Crippen LogP contribution in [0.25, 0.3) is 0 Å². The molecule has 30 heavy (non-hydrogen) atoms. The maximum absolute atomic E-state index is 13.2. The Hall–Kier alpha value is -1.43. The highest BCUT2D eigenvalue weighted by Crippen LogP contribution is 2.45. The minimum atomic E-state index is -1.03. The Bertz CT molecular complexity index is 601. The zero-order valence-electron chi connectivity index (χ0n) is 20.8. The standard InChI is InChI=1S/C24H44O6/c1-11-24(10,18(25)12-13-19(26)27)29-15-14-22(7,8)30-20(28)23(9,16-17(2)3)21(4,5)6/h17H,11-16H2,1-10H3,(H,26,27). The molecule has 0 spiro atoms. The second kappa shape index (κ2) is 10.7. The van der Waals surface area contributed by atoms with Gasteiger partial charge in [0.1, 0.15) is 11.2 Å². The first-order chi connectivity index (χ1) is 13.4. The average Bonchev–Trinajstić information content (AvgIpc) is 2.56. The third-order valence-corrected chi connectivity index (χ3v) is 6.25. The quantitative estimate of drug-likeness (QED) is 0.394. The molecule has 2 unspecified atom stereocenters. The van der Waals surface area contributed by atoms with Gasteiger partial charge in [0.25, 0.3) is 0 Å². The lowest BCUT2D eigenvalue weighted by Gasteiger charge is -2.43. The Balaban J connectivity index is 5.08. The molecule has 176 valence electrons. The molecule has 0 aliphatic heterocycles. The van der Waals surface area contributed by atoms with Crippen LogP contribution in [0, 0.1) is 16.7 Å². The number of carbonyl (C=O) groups excluding carboxylic acids is 2. The number of ketones is 1. The van der Waals surface area contributed by atoms with Gasteiger partial charge in [-0.1, -0.05) is 41.5 Å². The number of carboxylic acids is 1. The fourth-order valence-corrected chi connectivity index (χ4v) is 3.31. The Morgan fingerprint density at radius 3 is 1.87 bits per heavy atom. The number of carbonyl (C=O) groups is 3. The second-order valence-electron chi connectivity index (χ2n) is 10.8. The zero-order chi connectivity index (χ0) is 24.0. The molecule has 2 atom stereocenters. The number of ether oxygens (including phenoxy) is 2. The van der Waals surface area contributed by atoms with Gasteiger partial charge in [-0.05, 0) is 51.9 Å². The summed E-state index contributed by atoms with van der Waals surface area (Å²) in [7, 11) is 0. The van der Waals surface area contributed by atoms with Crippen molar-refractivity contribution < 1.29 is 29.0 Å². The van der Waals surface area contributed by atoms with Crippen LogP contribution in [0.2, 0.25) is 0 Å². The Kier molecular flexibility index (Phi) is 10.2. The Morgan fingerprint density at radius 1 is 0.933 bits per heavy atom. The first kappa shape index (κ1) is 28.6. The molecule has 0 saturated heterocycles. The molecule has 0 saturated carbocycles. The fraction of sp³-hybridized carbons (Fsp3) is 0.875. The third-order valence-electron chi connectivity index (χ3n) is 6.25. The summed E-state index contributed by atoms with van der Waals surface area (Å²) in [6, 6.07) is 0. The third kappa shape index (κ3) is 8.37. The smallest absolute Gasteiger partial charge is 0.312 e. The molecule has 0 rings (SSSR count). The van der Waals surface area contributed by atoms with E-state index in [-0.39, 0.29) is 36.6 Å². The molecule has 0 aromatic heterocycles. The SMILES string of the molecule is CCC(C)(OCCC(C)(C)OC(=O)C(C)(CC(C)C)C(C)(C)C)C(=O)CCC(=O)O. The first-order valence-electron chi connectivity index (χ1n) is 11.0. The summed E-state index contributed by atoms with van der Waals surface area (Å²) in [5, 5.41) is 8.80. The highest BCUT2D eigenvalue weighted by Gasteiger charge is 2.47. The topological polar surface area (TPSA) is 89.9 Å². The van der Waals surface area contributed by atoms with E-state index in [1.807, 2.05) is 27.7 Å². The van der Waals surface area contributed by atoms with Crippen LogP contribution in [-0.2, 0) is 23.9 Å². The van der Waals surface area contributed by atoms with Crippen molar-refractivity contribution in [3.05, 3.63) is 0 Å². The van der Waals surface area contributed by atoms with Crippen molar-refractivity contribution >= 4 is 17.7 Å². The van der Waals surface area contributed by atoms with E-state index in [1.165, 1.54) is 0 Å². The van der Waals surface area contributed by atoms with Crippen LogP contribution in [-0.4, -0.2) is 40.6 Å². The van der Waals surface area contributed by atoms with E-state index in [4.69, 9.17) is 14.6 Å². The van der Waals surface area contributed by atoms with Crippen molar-refractivity contribution in [1.82, 2.24) is 0 Å². The molecule has 0 bridgehead atoms. The monoisotopic (exact) mass is 428 g/mol. The van der Waals surface area contributed by atoms with E-state index in [2.05, 4.69) is 34.6 Å². The fourth-order valence-electron chi connectivity index (χ4n) is 3.31. The summed E-state index contributed by atoms with van der Waals surface area (Å²) >= 11 is 0. The van der Waals surface area contributed by atoms with E-state index in [0.29, 0.717) is 18.8 Å². The molecule has 0 aromatic rings. The lowest BCUT2D eigenvalue weighted by molar-refractivity contribution is -0.180. The highest BCUT2D eigenvalue weighted by atomic mass is 16.6. The van der Waals surface area contributed by atoms with Gasteiger partial charge >= 0.3 is 11.9 Å². The molecule has 6 nitrogen and oxygen atoms in total. The molecule has 0 heterocycles. The van der Waals surface area contributed by atoms with E-state index in [1.54, 1.807) is 6.92 Å². The lowest BCUT2D eigenvalue weighted by Crippen LogP contribution is -2.46. The van der Waals surface area contributed by atoms with E-state index < -0.39 is 22.6 Å². The van der Waals surface area contributed by atoms with Gasteiger partial charge in [-0.2, -0.15) is 0 Å². The van der Waals surface area contributed by atoms with E-state index >= 15 is 0 Å². The van der Waals surface area contributed by atoms with Crippen molar-refractivity contribution in [1.29, 1.82) is 0 Å². The van der Waals surface area contributed by atoms with Crippen LogP contribution in [0.5, 0.6) is 0 Å². The van der Waals surface area contributed by atoms with Gasteiger partial charge in [-0.25, -0.2) is 0 Å². The molecular weight excluding hydrogens is 384 g/mol. The number of hydrogen-bond donors (Lipinski definition) is 1. The average molecular weight is 429 g/mol. The Morgan fingerprint density at radius 2 is 1.47 bits per heavy atom. The summed E-state index contributed by atoms with van der Waals surface area (Å²) in [6.07, 6.45) is 1.35. The summed E-state index contributed by atoms with van der Waals surface area (Å²) < 4.78 is 11.8. The minimum absolute atomic E-state index is 0.0583. The minimum Gasteiger partial charge on any atom is -0.481 e. The van der Waals surface area contributed by atoms with Crippen LogP contribution in [0.1, 0.15) is 101 Å². The van der Waals surface area contributed by atoms with Crippen LogP contribution in [0.3, 0.4) is 0 Å². The predicted molar refractivity (Wildman–Crippen MR) is 118 cm³/mol. The number of aliphatic carboxylic acids is 1. The van der Waals surface area contributed by atoms with Crippen LogP contribution < -0.4 is 0 Å². The highest BCUT2D eigenvalue weighted by molar-refractivity contribution is 5.89. The van der Waals surface area contributed by atoms with Crippen molar-refractivity contribution in [2.75, 3.05) is 6.61 Å². The van der Waals surface area contributed by atoms with Crippen LogP contribution in [0.4, 0.5) is 0 Å². The molecular formula is C24H44O6. The van der Waals surface area contributed by atoms with Gasteiger partial charge in [-0.15, -0.1) is 0 Å². The number of hydrogen-bond acceptors (Lipinski definition) is 5. The molecule has 0 amide bonds. The first-order valence-corrected chi connectivity index (χ1v) is 11.0. The van der Waals surface area contributed by atoms with Gasteiger partial charge in [0, 0.05) is 12.8 Å². The van der Waals surface area contributed by atoms with Gasteiger partial charge < -0.3 is 14.6 Å². The molecule has 0 fully saturated rings. The van der Waals surface area contributed by atoms with Crippen LogP contribution >= 0.6 is 0 Å². The van der Waals surface area contributed by atoms with E-state index in [0.717, 1.165) is 6.42 Å². The summed E-state index contributed by atoms with van der Waals surface area (Å²) in [4.78, 5) is 36.3. The van der Waals surface area contributed by atoms with Gasteiger partial charge in [-0.3, -0.25) is 14.4 Å². The molecule has 6 heteroatoms. The second-order valence-corrected chi connectivity index (χ2v) is 10.8. The number of carboxylic acid groups (broad SMARTS) is 1. The number of esters is 1. The predicted octanol–water partition coefficient (Wildman–Crippen LogP) is 5.42. The zero-order valence-corrected chi connectivity index (χ0v) is 20.8. The van der Waals surface area contributed by atoms with Crippen LogP contribution in [0.15, 0.2) is 0 Å². The maximum atomic E-state index is 13.2. The summed E-state index contributed by atoms with van der Waals surface area (Å²) in [5.41, 5.74) is -2.66. The van der Waals surface area contributed by atoms with Crippen molar-refractivity contribution in [2.45, 2.75) is 113 Å². The van der Waals surface area contributed by atoms with Gasteiger partial charge in [0.05, 0.1) is 18.4 Å².